The van der Waals surface area contributed by atoms with E-state index in [1.165, 1.54) is 0 Å². The molecule has 1 aliphatic rings. The second-order valence-electron chi connectivity index (χ2n) is 4.76. The van der Waals surface area contributed by atoms with Crippen LogP contribution in [0.3, 0.4) is 0 Å². The molecule has 2 aromatic rings. The van der Waals surface area contributed by atoms with Crippen molar-refractivity contribution in [1.29, 1.82) is 0 Å². The number of halogens is 1. The fourth-order valence-corrected chi connectivity index (χ4v) is 2.22. The highest BCUT2D eigenvalue weighted by Crippen LogP contribution is 2.31. The van der Waals surface area contributed by atoms with E-state index in [-0.39, 0.29) is 0 Å². The molecule has 3 N–H and O–H groups in total. The molecule has 0 saturated carbocycles. The van der Waals surface area contributed by atoms with Gasteiger partial charge in [-0.25, -0.2) is 4.98 Å². The first kappa shape index (κ1) is 16.3. The third-order valence-corrected chi connectivity index (χ3v) is 3.52. The number of carboxylic acid groups (broad SMARTS) is 1. The Bertz CT molecular complexity index is 632. The minimum absolute atomic E-state index is 0.432. The van der Waals surface area contributed by atoms with Crippen molar-refractivity contribution in [2.45, 2.75) is 18.9 Å². The molecule has 1 unspecified atom stereocenters. The van der Waals surface area contributed by atoms with Crippen molar-refractivity contribution in [2.75, 3.05) is 6.61 Å². The van der Waals surface area contributed by atoms with Crippen molar-refractivity contribution < 1.29 is 14.6 Å². The van der Waals surface area contributed by atoms with Crippen LogP contribution in [-0.2, 0) is 11.3 Å². The Kier molecular flexibility index (Phi) is 5.75. The highest BCUT2D eigenvalue weighted by Gasteiger charge is 2.27. The minimum atomic E-state index is -0.808. The molecule has 6 heteroatoms. The highest BCUT2D eigenvalue weighted by molar-refractivity contribution is 6.30. The van der Waals surface area contributed by atoms with Crippen molar-refractivity contribution in [2.24, 2.45) is 5.73 Å². The van der Waals surface area contributed by atoms with E-state index >= 15 is 0 Å². The summed E-state index contributed by atoms with van der Waals surface area (Å²) < 4.78 is 5.23. The quantitative estimate of drug-likeness (QED) is 0.888. The van der Waals surface area contributed by atoms with Gasteiger partial charge in [-0.05, 0) is 30.2 Å². The summed E-state index contributed by atoms with van der Waals surface area (Å²) in [5, 5.41) is 9.66. The monoisotopic (exact) mass is 320 g/mol. The number of nitrogens with two attached hydrogens (primary N) is 1. The van der Waals surface area contributed by atoms with E-state index in [9.17, 15) is 4.79 Å². The van der Waals surface area contributed by atoms with Crippen LogP contribution < -0.4 is 10.5 Å². The third-order valence-electron chi connectivity index (χ3n) is 3.27. The molecule has 116 valence electrons. The van der Waals surface area contributed by atoms with E-state index < -0.39 is 11.9 Å². The minimum Gasteiger partial charge on any atom is -0.481 e. The van der Waals surface area contributed by atoms with Gasteiger partial charge in [0.05, 0.1) is 12.5 Å². The zero-order chi connectivity index (χ0) is 15.9. The predicted molar refractivity (Wildman–Crippen MR) is 84.1 cm³/mol. The molecule has 5 nitrogen and oxygen atoms in total. The van der Waals surface area contributed by atoms with Crippen molar-refractivity contribution in [1.82, 2.24) is 4.98 Å². The molecule has 1 atom stereocenters. The fourth-order valence-electron chi connectivity index (χ4n) is 2.10. The Morgan fingerprint density at radius 3 is 2.73 bits per heavy atom. The van der Waals surface area contributed by atoms with Gasteiger partial charge in [0.25, 0.3) is 0 Å². The van der Waals surface area contributed by atoms with Gasteiger partial charge >= 0.3 is 5.97 Å². The number of carboxylic acids is 1. The van der Waals surface area contributed by atoms with Gasteiger partial charge in [0.1, 0.15) is 0 Å². The number of rotatable bonds is 2. The molecule has 0 amide bonds. The van der Waals surface area contributed by atoms with Crippen LogP contribution in [0.1, 0.15) is 23.5 Å². The van der Waals surface area contributed by atoms with Crippen LogP contribution in [-0.4, -0.2) is 22.7 Å². The molecule has 0 fully saturated rings. The van der Waals surface area contributed by atoms with Crippen LogP contribution in [0.15, 0.2) is 42.6 Å². The van der Waals surface area contributed by atoms with Crippen LogP contribution in [0.25, 0.3) is 0 Å². The van der Waals surface area contributed by atoms with E-state index in [0.717, 1.165) is 10.6 Å². The number of fused-ring (bicyclic) bond motifs is 1. The maximum Gasteiger partial charge on any atom is 0.311 e. The van der Waals surface area contributed by atoms with Gasteiger partial charge < -0.3 is 15.6 Å². The molecule has 0 bridgehead atoms. The van der Waals surface area contributed by atoms with Gasteiger partial charge in [0.15, 0.2) is 0 Å². The third kappa shape index (κ3) is 4.19. The standard InChI is InChI=1S/C9H9NO3.C7H8ClN/c11-9(12)7-3-5-13-8-6(7)2-1-4-10-8;8-7-3-1-6(5-9)2-4-7/h1-2,4,7H,3,5H2,(H,11,12);1-4H,5,9H2. The van der Waals surface area contributed by atoms with E-state index in [1.807, 2.05) is 24.3 Å². The van der Waals surface area contributed by atoms with Gasteiger partial charge in [-0.15, -0.1) is 0 Å². The molecule has 22 heavy (non-hydrogen) atoms. The molecular weight excluding hydrogens is 304 g/mol. The second kappa shape index (κ2) is 7.77. The van der Waals surface area contributed by atoms with E-state index in [4.69, 9.17) is 27.2 Å². The summed E-state index contributed by atoms with van der Waals surface area (Å²) in [4.78, 5) is 14.8. The van der Waals surface area contributed by atoms with E-state index in [2.05, 4.69) is 4.98 Å². The molecule has 0 saturated heterocycles. The maximum atomic E-state index is 10.8. The fraction of sp³-hybridized carbons (Fsp3) is 0.250. The Labute approximate surface area is 133 Å². The second-order valence-corrected chi connectivity index (χ2v) is 5.19. The summed E-state index contributed by atoms with van der Waals surface area (Å²) in [6.45, 7) is 1.01. The summed E-state index contributed by atoms with van der Waals surface area (Å²) in [5.41, 5.74) is 7.15. The molecule has 1 aliphatic heterocycles. The van der Waals surface area contributed by atoms with Gasteiger partial charge in [0, 0.05) is 23.3 Å². The zero-order valence-corrected chi connectivity index (χ0v) is 12.7. The van der Waals surface area contributed by atoms with Crippen molar-refractivity contribution >= 4 is 17.6 Å². The molecule has 1 aromatic heterocycles. The largest absolute Gasteiger partial charge is 0.481 e. The highest BCUT2D eigenvalue weighted by atomic mass is 35.5. The van der Waals surface area contributed by atoms with Gasteiger partial charge in [-0.2, -0.15) is 0 Å². The Hall–Kier alpha value is -2.11. The van der Waals surface area contributed by atoms with Crippen LogP contribution >= 0.6 is 11.6 Å². The summed E-state index contributed by atoms with van der Waals surface area (Å²) in [6.07, 6.45) is 2.12. The average molecular weight is 321 g/mol. The molecule has 3 rings (SSSR count). The number of hydrogen-bond acceptors (Lipinski definition) is 4. The SMILES string of the molecule is NCc1ccc(Cl)cc1.O=C(O)C1CCOc2ncccc21. The molecule has 2 heterocycles. The number of pyridine rings is 1. The summed E-state index contributed by atoms with van der Waals surface area (Å²) in [5.74, 6) is -0.809. The summed E-state index contributed by atoms with van der Waals surface area (Å²) in [7, 11) is 0. The van der Waals surface area contributed by atoms with Gasteiger partial charge in [-0.3, -0.25) is 4.79 Å². The number of ether oxygens (including phenoxy) is 1. The maximum absolute atomic E-state index is 10.8. The van der Waals surface area contributed by atoms with Crippen LogP contribution in [0.2, 0.25) is 5.02 Å². The topological polar surface area (TPSA) is 85.4 Å². The number of carbonyl (C=O) groups is 1. The molecular formula is C16H17ClN2O3. The smallest absolute Gasteiger partial charge is 0.311 e. The molecule has 0 spiro atoms. The molecule has 0 radical (unpaired) electrons. The van der Waals surface area contributed by atoms with Crippen LogP contribution in [0, 0.1) is 0 Å². The normalized spacial score (nSPS) is 15.8. The number of nitrogens with zero attached hydrogens (tertiary/aromatic N) is 1. The summed E-state index contributed by atoms with van der Waals surface area (Å²) in [6, 6.07) is 11.0. The summed E-state index contributed by atoms with van der Waals surface area (Å²) >= 11 is 5.63. The van der Waals surface area contributed by atoms with E-state index in [0.29, 0.717) is 31.0 Å². The average Bonchev–Trinajstić information content (AvgIpc) is 2.55. The first-order valence-electron chi connectivity index (χ1n) is 6.87. The van der Waals surface area contributed by atoms with Gasteiger partial charge in [0.2, 0.25) is 5.88 Å². The van der Waals surface area contributed by atoms with Crippen molar-refractivity contribution in [3.8, 4) is 5.88 Å². The van der Waals surface area contributed by atoms with Crippen molar-refractivity contribution in [3.05, 3.63) is 58.7 Å². The predicted octanol–water partition coefficient (Wildman–Crippen LogP) is 2.83. The van der Waals surface area contributed by atoms with Gasteiger partial charge in [-0.1, -0.05) is 29.8 Å². The van der Waals surface area contributed by atoms with E-state index in [1.54, 1.807) is 18.3 Å². The first-order chi connectivity index (χ1) is 10.6. The van der Waals surface area contributed by atoms with Crippen molar-refractivity contribution in [3.63, 3.8) is 0 Å². The number of benzene rings is 1. The van der Waals surface area contributed by atoms with Crippen LogP contribution in [0.5, 0.6) is 5.88 Å². The zero-order valence-electron chi connectivity index (χ0n) is 11.9. The number of hydrogen-bond donors (Lipinski definition) is 2. The Balaban J connectivity index is 0.000000172. The molecule has 1 aromatic carbocycles. The Morgan fingerprint density at radius 2 is 2.09 bits per heavy atom. The van der Waals surface area contributed by atoms with Crippen LogP contribution in [0.4, 0.5) is 0 Å². The lowest BCUT2D eigenvalue weighted by Crippen LogP contribution is -2.21. The first-order valence-corrected chi connectivity index (χ1v) is 7.24. The number of aromatic nitrogens is 1. The Morgan fingerprint density at radius 1 is 1.36 bits per heavy atom. The lowest BCUT2D eigenvalue weighted by molar-refractivity contribution is -0.139. The lowest BCUT2D eigenvalue weighted by Gasteiger charge is -2.21. The molecule has 0 aliphatic carbocycles. The number of aliphatic carboxylic acids is 1. The lowest BCUT2D eigenvalue weighted by atomic mass is 9.96.